The molecule has 3 rings (SSSR count). The van der Waals surface area contributed by atoms with Crippen LogP contribution in [0.5, 0.6) is 5.75 Å². The van der Waals surface area contributed by atoms with Crippen LogP contribution in [-0.4, -0.2) is 60.7 Å². The van der Waals surface area contributed by atoms with Gasteiger partial charge in [-0.25, -0.2) is 8.78 Å². The predicted octanol–water partition coefficient (Wildman–Crippen LogP) is 4.07. The van der Waals surface area contributed by atoms with Crippen LogP contribution >= 0.6 is 0 Å². The molecule has 3 N–H and O–H groups in total. The fraction of sp³-hybridized carbons (Fsp3) is 0.548. The highest BCUT2D eigenvalue weighted by atomic mass is 19.1. The summed E-state index contributed by atoms with van der Waals surface area (Å²) in [5.41, 5.74) is 1.29. The van der Waals surface area contributed by atoms with E-state index in [0.717, 1.165) is 30.2 Å². The Kier molecular flexibility index (Phi) is 11.9. The molecule has 9 heteroatoms. The molecule has 1 fully saturated rings. The number of nitrogens with one attached hydrogen (secondary N) is 2. The summed E-state index contributed by atoms with van der Waals surface area (Å²) in [6.07, 6.45) is 1.08. The number of aliphatic hydroxyl groups excluding tert-OH is 1. The van der Waals surface area contributed by atoms with Crippen LogP contribution in [0.25, 0.3) is 0 Å². The molecule has 0 heterocycles. The van der Waals surface area contributed by atoms with Crippen molar-refractivity contribution < 1.29 is 28.2 Å². The number of benzene rings is 2. The molecule has 1 aliphatic rings. The van der Waals surface area contributed by atoms with Gasteiger partial charge in [0.25, 0.3) is 0 Å². The lowest BCUT2D eigenvalue weighted by Crippen LogP contribution is -2.49. The first-order chi connectivity index (χ1) is 19.2. The molecule has 7 nitrogen and oxygen atoms in total. The Hall–Kier alpha value is -3.04. The minimum atomic E-state index is -1.03. The van der Waals surface area contributed by atoms with Crippen LogP contribution in [0.15, 0.2) is 42.5 Å². The Morgan fingerprint density at radius 3 is 2.35 bits per heavy atom. The maximum absolute atomic E-state index is 13.9. The molecule has 0 spiro atoms. The first-order valence-electron chi connectivity index (χ1n) is 14.2. The van der Waals surface area contributed by atoms with Crippen LogP contribution in [0.2, 0.25) is 0 Å². The number of methoxy groups -OCH3 is 1. The normalized spacial score (nSPS) is 19.5. The molecule has 5 atom stereocenters. The number of halogens is 2. The molecule has 220 valence electrons. The third-order valence-corrected chi connectivity index (χ3v) is 7.60. The quantitative estimate of drug-likeness (QED) is 0.289. The second-order valence-electron chi connectivity index (χ2n) is 10.8. The highest BCUT2D eigenvalue weighted by Gasteiger charge is 2.52. The van der Waals surface area contributed by atoms with Crippen molar-refractivity contribution in [3.63, 3.8) is 0 Å². The Labute approximate surface area is 236 Å². The van der Waals surface area contributed by atoms with E-state index in [9.17, 15) is 23.5 Å². The van der Waals surface area contributed by atoms with Gasteiger partial charge in [0.05, 0.1) is 19.3 Å². The van der Waals surface area contributed by atoms with Gasteiger partial charge in [0.1, 0.15) is 17.4 Å². The fourth-order valence-corrected chi connectivity index (χ4v) is 5.36. The number of aliphatic hydroxyl groups is 1. The van der Waals surface area contributed by atoms with Gasteiger partial charge in [-0.15, -0.1) is 0 Å². The van der Waals surface area contributed by atoms with Crippen LogP contribution in [0, 0.1) is 29.4 Å². The molecule has 1 aliphatic carbocycles. The van der Waals surface area contributed by atoms with Gasteiger partial charge in [0, 0.05) is 44.6 Å². The van der Waals surface area contributed by atoms with E-state index in [0.29, 0.717) is 31.6 Å². The Balaban J connectivity index is 1.65. The molecular formula is C31H43F2N3O4. The zero-order valence-corrected chi connectivity index (χ0v) is 24.0. The monoisotopic (exact) mass is 559 g/mol. The molecule has 0 bridgehead atoms. The van der Waals surface area contributed by atoms with Gasteiger partial charge in [-0.05, 0) is 66.5 Å². The van der Waals surface area contributed by atoms with Gasteiger partial charge in [0.2, 0.25) is 11.8 Å². The van der Waals surface area contributed by atoms with Crippen LogP contribution in [-0.2, 0) is 22.6 Å². The predicted molar refractivity (Wildman–Crippen MR) is 151 cm³/mol. The summed E-state index contributed by atoms with van der Waals surface area (Å²) in [5, 5.41) is 17.2. The van der Waals surface area contributed by atoms with E-state index in [1.807, 2.05) is 49.9 Å². The number of hydrogen-bond acceptors (Lipinski definition) is 5. The van der Waals surface area contributed by atoms with E-state index in [-0.39, 0.29) is 42.5 Å². The molecule has 2 aromatic rings. The van der Waals surface area contributed by atoms with Gasteiger partial charge in [-0.2, -0.15) is 0 Å². The van der Waals surface area contributed by atoms with E-state index in [4.69, 9.17) is 4.74 Å². The van der Waals surface area contributed by atoms with Crippen molar-refractivity contribution in [3.8, 4) is 5.75 Å². The summed E-state index contributed by atoms with van der Waals surface area (Å²) in [7, 11) is 1.59. The minimum absolute atomic E-state index is 0.0321. The molecule has 3 unspecified atom stereocenters. The van der Waals surface area contributed by atoms with Crippen LogP contribution in [0.1, 0.15) is 51.2 Å². The second kappa shape index (κ2) is 15.1. The molecular weight excluding hydrogens is 516 g/mol. The lowest BCUT2D eigenvalue weighted by molar-refractivity contribution is -0.131. The van der Waals surface area contributed by atoms with Crippen LogP contribution in [0.4, 0.5) is 8.78 Å². The summed E-state index contributed by atoms with van der Waals surface area (Å²) in [4.78, 5) is 28.0. The van der Waals surface area contributed by atoms with Crippen molar-refractivity contribution >= 4 is 11.8 Å². The lowest BCUT2D eigenvalue weighted by atomic mass is 10.00. The lowest BCUT2D eigenvalue weighted by Gasteiger charge is -2.25. The zero-order valence-electron chi connectivity index (χ0n) is 24.0. The average molecular weight is 560 g/mol. The van der Waals surface area contributed by atoms with E-state index in [1.54, 1.807) is 7.11 Å². The number of ether oxygens (including phenoxy) is 1. The van der Waals surface area contributed by atoms with Gasteiger partial charge >= 0.3 is 0 Å². The van der Waals surface area contributed by atoms with Gasteiger partial charge in [-0.3, -0.25) is 9.59 Å². The van der Waals surface area contributed by atoms with Crippen molar-refractivity contribution in [1.82, 2.24) is 15.5 Å². The largest absolute Gasteiger partial charge is 0.497 e. The van der Waals surface area contributed by atoms with E-state index in [1.165, 1.54) is 12.1 Å². The summed E-state index contributed by atoms with van der Waals surface area (Å²) in [6.45, 7) is 8.03. The molecule has 0 aliphatic heterocycles. The molecule has 2 amide bonds. The molecule has 0 radical (unpaired) electrons. The third-order valence-electron chi connectivity index (χ3n) is 7.60. The van der Waals surface area contributed by atoms with Crippen LogP contribution in [0.3, 0.4) is 0 Å². The summed E-state index contributed by atoms with van der Waals surface area (Å²) in [5.74, 6) is -1.30. The number of amides is 2. The van der Waals surface area contributed by atoms with Crippen molar-refractivity contribution in [2.24, 2.45) is 17.8 Å². The topological polar surface area (TPSA) is 90.9 Å². The SMILES string of the molecule is CCCN(CCC)C(=O)CC1C(C)C1C(=O)N[C@@H](Cc1cc(F)cc(F)c1)[C@H](O)CNCc1cccc(OC)c1. The van der Waals surface area contributed by atoms with Gasteiger partial charge in [0.15, 0.2) is 0 Å². The number of carbonyl (C=O) groups is 2. The first-order valence-corrected chi connectivity index (χ1v) is 14.2. The third kappa shape index (κ3) is 8.99. The van der Waals surface area contributed by atoms with E-state index in [2.05, 4.69) is 10.6 Å². The molecule has 40 heavy (non-hydrogen) atoms. The van der Waals surface area contributed by atoms with E-state index < -0.39 is 23.8 Å². The Morgan fingerprint density at radius 2 is 1.73 bits per heavy atom. The second-order valence-corrected chi connectivity index (χ2v) is 10.8. The van der Waals surface area contributed by atoms with Gasteiger partial charge < -0.3 is 25.4 Å². The highest BCUT2D eigenvalue weighted by Crippen LogP contribution is 2.48. The standard InChI is InChI=1S/C31H43F2N3O4/c1-5-10-36(11-6-2)29(38)17-26-20(3)30(26)31(39)35-27(15-22-12-23(32)16-24(33)13-22)28(37)19-34-18-21-8-7-9-25(14-21)40-4/h7-9,12-14,16,20,26-28,30,34,37H,5-6,10-11,15,17-19H2,1-4H3,(H,35,39)/t20?,26?,27-,28+,30?/m0/s1. The fourth-order valence-electron chi connectivity index (χ4n) is 5.36. The van der Waals surface area contributed by atoms with Crippen molar-refractivity contribution in [2.45, 2.75) is 65.1 Å². The number of hydrogen-bond donors (Lipinski definition) is 3. The Bertz CT molecular complexity index is 1110. The van der Waals surface area contributed by atoms with Crippen molar-refractivity contribution in [1.29, 1.82) is 0 Å². The van der Waals surface area contributed by atoms with Crippen molar-refractivity contribution in [2.75, 3.05) is 26.7 Å². The maximum Gasteiger partial charge on any atom is 0.224 e. The summed E-state index contributed by atoms with van der Waals surface area (Å²) < 4.78 is 33.0. The van der Waals surface area contributed by atoms with E-state index >= 15 is 0 Å². The highest BCUT2D eigenvalue weighted by molar-refractivity contribution is 5.85. The summed E-state index contributed by atoms with van der Waals surface area (Å²) >= 11 is 0. The average Bonchev–Trinajstić information content (AvgIpc) is 3.55. The minimum Gasteiger partial charge on any atom is -0.497 e. The molecule has 2 aromatic carbocycles. The van der Waals surface area contributed by atoms with Crippen molar-refractivity contribution in [3.05, 3.63) is 65.2 Å². The molecule has 1 saturated carbocycles. The molecule has 0 saturated heterocycles. The summed E-state index contributed by atoms with van der Waals surface area (Å²) in [6, 6.07) is 9.93. The van der Waals surface area contributed by atoms with Gasteiger partial charge in [-0.1, -0.05) is 32.9 Å². The maximum atomic E-state index is 13.9. The smallest absolute Gasteiger partial charge is 0.224 e. The number of nitrogens with zero attached hydrogens (tertiary/aromatic N) is 1. The number of carbonyl (C=O) groups excluding carboxylic acids is 2. The Morgan fingerprint density at radius 1 is 1.05 bits per heavy atom. The first kappa shape index (κ1) is 31.5. The zero-order chi connectivity index (χ0) is 29.2. The number of rotatable bonds is 16. The molecule has 0 aromatic heterocycles. The van der Waals surface area contributed by atoms with Crippen LogP contribution < -0.4 is 15.4 Å².